The molecule has 1 saturated heterocycles. The number of β-lactam (4-membered cyclic amide) rings is 1. The second-order valence-corrected chi connectivity index (χ2v) is 12.0. The van der Waals surface area contributed by atoms with Crippen molar-refractivity contribution in [2.24, 2.45) is 0 Å². The summed E-state index contributed by atoms with van der Waals surface area (Å²) >= 11 is 1.92. The van der Waals surface area contributed by atoms with E-state index in [4.69, 9.17) is 4.74 Å². The molecule has 0 radical (unpaired) electrons. The van der Waals surface area contributed by atoms with Crippen molar-refractivity contribution < 1.29 is 43.7 Å². The Kier molecular flexibility index (Phi) is 8.44. The van der Waals surface area contributed by atoms with E-state index in [9.17, 15) is 39.0 Å². The Morgan fingerprint density at radius 1 is 0.932 bits per heavy atom. The number of nitrogens with zero attached hydrogens (tertiary/aromatic N) is 1. The van der Waals surface area contributed by atoms with Crippen molar-refractivity contribution in [3.8, 4) is 0 Å². The van der Waals surface area contributed by atoms with Gasteiger partial charge in [0.1, 0.15) is 5.37 Å². The fourth-order valence-corrected chi connectivity index (χ4v) is 7.43. The van der Waals surface area contributed by atoms with E-state index in [1.54, 1.807) is 78.2 Å². The summed E-state index contributed by atoms with van der Waals surface area (Å²) in [5.41, 5.74) is -5.21. The van der Waals surface area contributed by atoms with Crippen LogP contribution in [0.15, 0.2) is 89.2 Å². The lowest BCUT2D eigenvalue weighted by Gasteiger charge is -2.59. The molecule has 226 valence electrons. The molecule has 2 aliphatic heterocycles. The molecule has 0 bridgehead atoms. The maximum absolute atomic E-state index is 14.3. The van der Waals surface area contributed by atoms with Gasteiger partial charge in [0.05, 0.1) is 6.42 Å². The van der Waals surface area contributed by atoms with Crippen LogP contribution in [-0.2, 0) is 39.9 Å². The number of aliphatic carboxylic acids is 2. The summed E-state index contributed by atoms with van der Waals surface area (Å²) in [6.07, 6.45) is -1.59. The van der Waals surface area contributed by atoms with Crippen LogP contribution < -0.4 is 5.32 Å². The van der Waals surface area contributed by atoms with Gasteiger partial charge in [0.2, 0.25) is 11.4 Å². The smallest absolute Gasteiger partial charge is 0.349 e. The van der Waals surface area contributed by atoms with Gasteiger partial charge in [-0.15, -0.1) is 23.1 Å². The summed E-state index contributed by atoms with van der Waals surface area (Å²) < 4.78 is 5.88. The van der Waals surface area contributed by atoms with Crippen molar-refractivity contribution in [1.82, 2.24) is 10.2 Å². The maximum atomic E-state index is 14.3. The predicted octanol–water partition coefficient (Wildman–Crippen LogP) is 3.16. The molecular weight excluding hydrogens is 608 g/mol. The monoisotopic (exact) mass is 634 g/mol. The molecule has 3 atom stereocenters. The highest BCUT2D eigenvalue weighted by atomic mass is 32.2. The number of hydrogen-bond acceptors (Lipinski definition) is 9. The summed E-state index contributed by atoms with van der Waals surface area (Å²) in [6.45, 7) is 1.46. The van der Waals surface area contributed by atoms with Crippen LogP contribution >= 0.6 is 23.1 Å². The van der Waals surface area contributed by atoms with Gasteiger partial charge in [-0.25, -0.2) is 14.4 Å². The topological polar surface area (TPSA) is 167 Å². The molecule has 1 fully saturated rings. The fraction of sp³-hybridized carbons (Fsp3) is 0.226. The Bertz CT molecular complexity index is 1620. The summed E-state index contributed by atoms with van der Waals surface area (Å²) in [7, 11) is 0. The van der Waals surface area contributed by atoms with Crippen LogP contribution in [0.2, 0.25) is 0 Å². The molecule has 2 unspecified atom stereocenters. The van der Waals surface area contributed by atoms with Crippen molar-refractivity contribution in [1.29, 1.82) is 0 Å². The first-order valence-corrected chi connectivity index (χ1v) is 15.3. The molecule has 1 aromatic heterocycles. The summed E-state index contributed by atoms with van der Waals surface area (Å²) in [5, 5.41) is 24.4. The number of carboxylic acid groups (broad SMARTS) is 2. The minimum absolute atomic E-state index is 0.218. The number of esters is 1. The summed E-state index contributed by atoms with van der Waals surface area (Å²) in [5.74, 6) is -8.02. The van der Waals surface area contributed by atoms with E-state index in [0.717, 1.165) is 5.41 Å². The van der Waals surface area contributed by atoms with Crippen molar-refractivity contribution in [3.63, 3.8) is 0 Å². The minimum Gasteiger partial charge on any atom is -0.479 e. The van der Waals surface area contributed by atoms with Crippen LogP contribution in [0.4, 0.5) is 0 Å². The van der Waals surface area contributed by atoms with Gasteiger partial charge in [-0.1, -0.05) is 73.7 Å². The van der Waals surface area contributed by atoms with Crippen molar-refractivity contribution >= 4 is 58.6 Å². The van der Waals surface area contributed by atoms with E-state index >= 15 is 0 Å². The van der Waals surface area contributed by atoms with Gasteiger partial charge < -0.3 is 20.3 Å². The Morgan fingerprint density at radius 2 is 1.55 bits per heavy atom. The van der Waals surface area contributed by atoms with E-state index in [1.165, 1.54) is 18.3 Å². The molecule has 3 heterocycles. The van der Waals surface area contributed by atoms with Crippen LogP contribution in [0.3, 0.4) is 0 Å². The van der Waals surface area contributed by atoms with Crippen molar-refractivity contribution in [3.05, 3.63) is 105 Å². The quantitative estimate of drug-likeness (QED) is 0.162. The van der Waals surface area contributed by atoms with Gasteiger partial charge in [-0.3, -0.25) is 19.3 Å². The van der Waals surface area contributed by atoms with Gasteiger partial charge in [0.15, 0.2) is 11.9 Å². The maximum Gasteiger partial charge on any atom is 0.349 e. The third-order valence-corrected chi connectivity index (χ3v) is 9.54. The normalized spacial score (nSPS) is 22.3. The van der Waals surface area contributed by atoms with Crippen LogP contribution in [0.1, 0.15) is 35.5 Å². The number of carbonyl (C=O) groups is 6. The number of nitrogens with one attached hydrogen (secondary N) is 1. The molecule has 11 nitrogen and oxygen atoms in total. The lowest BCUT2D eigenvalue weighted by molar-refractivity contribution is -0.195. The number of benzene rings is 2. The van der Waals surface area contributed by atoms with Gasteiger partial charge in [0, 0.05) is 16.9 Å². The number of thioether (sulfide) groups is 1. The number of ether oxygens (including phenoxy) is 1. The molecule has 3 aromatic rings. The number of hydrogen-bond donors (Lipinski definition) is 3. The third kappa shape index (κ3) is 4.87. The van der Waals surface area contributed by atoms with Crippen LogP contribution in [-0.4, -0.2) is 67.1 Å². The first kappa shape index (κ1) is 30.7. The SMILES string of the molecule is CCC(=O)C1=CS[C@@H]2N(C(=O)C2(NC(=O)Cc2cccs2)C(=O)O)C1(C(=O)O)C(=O)OC(c1ccccc1)c1ccccc1. The fourth-order valence-electron chi connectivity index (χ4n) is 5.32. The Hall–Kier alpha value is -4.75. The Labute approximate surface area is 259 Å². The lowest BCUT2D eigenvalue weighted by Crippen LogP contribution is -2.89. The molecule has 0 spiro atoms. The first-order chi connectivity index (χ1) is 21.1. The summed E-state index contributed by atoms with van der Waals surface area (Å²) in [6, 6.07) is 20.3. The van der Waals surface area contributed by atoms with Crippen LogP contribution in [0.25, 0.3) is 0 Å². The second kappa shape index (κ2) is 12.1. The first-order valence-electron chi connectivity index (χ1n) is 13.4. The predicted molar refractivity (Wildman–Crippen MR) is 159 cm³/mol. The standard InChI is InChI=1S/C31H26N2O9S2/c1-2-22(34)21-17-44-26-30(27(37)38,32-23(35)16-20-14-9-15-43-20)25(36)33(26)31(21,28(39)40)29(41)42-24(18-10-5-3-6-11-18)19-12-7-4-8-13-19/h3-15,17,24,26H,2,16H2,1H3,(H,32,35)(H,37,38)(H,39,40)/t26-,30?,31?/m0/s1. The number of amides is 2. The summed E-state index contributed by atoms with van der Waals surface area (Å²) in [4.78, 5) is 81.3. The lowest BCUT2D eigenvalue weighted by atomic mass is 9.76. The van der Waals surface area contributed by atoms with Gasteiger partial charge >= 0.3 is 17.9 Å². The number of ketones is 1. The average molecular weight is 635 g/mol. The molecular formula is C31H26N2O9S2. The van der Waals surface area contributed by atoms with E-state index < -0.39 is 63.6 Å². The average Bonchev–Trinajstić information content (AvgIpc) is 3.54. The molecule has 13 heteroatoms. The van der Waals surface area contributed by atoms with Gasteiger partial charge in [-0.2, -0.15) is 0 Å². The second-order valence-electron chi connectivity index (χ2n) is 10.0. The van der Waals surface area contributed by atoms with Gasteiger partial charge in [0.25, 0.3) is 11.4 Å². The molecule has 3 N–H and O–H groups in total. The Morgan fingerprint density at radius 3 is 2.05 bits per heavy atom. The molecule has 5 rings (SSSR count). The number of rotatable bonds is 11. The zero-order valence-electron chi connectivity index (χ0n) is 23.2. The largest absolute Gasteiger partial charge is 0.479 e. The van der Waals surface area contributed by atoms with E-state index in [-0.39, 0.29) is 12.8 Å². The molecule has 2 amide bonds. The molecule has 44 heavy (non-hydrogen) atoms. The van der Waals surface area contributed by atoms with Gasteiger partial charge in [-0.05, 0) is 28.0 Å². The minimum atomic E-state index is -3.03. The van der Waals surface area contributed by atoms with Crippen molar-refractivity contribution in [2.75, 3.05) is 0 Å². The number of thiophene rings is 1. The van der Waals surface area contributed by atoms with Crippen LogP contribution in [0, 0.1) is 0 Å². The Balaban J connectivity index is 1.59. The van der Waals surface area contributed by atoms with Crippen LogP contribution in [0.5, 0.6) is 0 Å². The number of carbonyl (C=O) groups excluding carboxylic acids is 4. The highest BCUT2D eigenvalue weighted by Gasteiger charge is 2.78. The number of carboxylic acids is 2. The molecule has 0 aliphatic carbocycles. The highest BCUT2D eigenvalue weighted by molar-refractivity contribution is 8.03. The highest BCUT2D eigenvalue weighted by Crippen LogP contribution is 2.52. The zero-order chi connectivity index (χ0) is 31.6. The number of Topliss-reactive ketones (excluding diaryl/α,β-unsaturated/α-hetero) is 1. The van der Waals surface area contributed by atoms with E-state index in [1.807, 2.05) is 0 Å². The molecule has 0 saturated carbocycles. The van der Waals surface area contributed by atoms with E-state index in [0.29, 0.717) is 32.7 Å². The molecule has 2 aromatic carbocycles. The zero-order valence-corrected chi connectivity index (χ0v) is 24.8. The van der Waals surface area contributed by atoms with Crippen molar-refractivity contribution in [2.45, 2.75) is 42.3 Å². The third-order valence-electron chi connectivity index (χ3n) is 7.47. The number of fused-ring (bicyclic) bond motifs is 1. The molecule has 2 aliphatic rings. The van der Waals surface area contributed by atoms with E-state index in [2.05, 4.69) is 5.32 Å².